The van der Waals surface area contributed by atoms with E-state index in [0.717, 1.165) is 18.4 Å². The molecule has 2 heterocycles. The van der Waals surface area contributed by atoms with Gasteiger partial charge < -0.3 is 0 Å². The summed E-state index contributed by atoms with van der Waals surface area (Å²) in [6, 6.07) is 14.3. The molecule has 2 nitrogen and oxygen atoms in total. The van der Waals surface area contributed by atoms with Gasteiger partial charge in [-0.3, -0.25) is 9.97 Å². The minimum Gasteiger partial charge on any atom is -0.264 e. The van der Waals surface area contributed by atoms with E-state index in [9.17, 15) is 0 Å². The van der Waals surface area contributed by atoms with E-state index in [1.54, 1.807) is 6.20 Å². The SMILES string of the molecule is CC/C=C/c1cccnc1.CC/C=C/c1cnc2ccccc2c1. The van der Waals surface area contributed by atoms with Crippen LogP contribution in [0, 0.1) is 0 Å². The minimum absolute atomic E-state index is 1.06. The average molecular weight is 316 g/mol. The summed E-state index contributed by atoms with van der Waals surface area (Å²) in [5.74, 6) is 0. The summed E-state index contributed by atoms with van der Waals surface area (Å²) in [7, 11) is 0. The van der Waals surface area contributed by atoms with Crippen LogP contribution in [-0.2, 0) is 0 Å². The predicted molar refractivity (Wildman–Crippen MR) is 105 cm³/mol. The Hall–Kier alpha value is -2.74. The number of hydrogen-bond acceptors (Lipinski definition) is 2. The number of benzene rings is 1. The standard InChI is InChI=1S/C13H13N.C9H11N/c1-2-3-6-11-9-12-7-4-5-8-13(12)14-10-11;1-2-3-5-9-6-4-7-10-8-9/h3-10H,2H2,1H3;3-8H,2H2,1H3/b6-3+;5-3+. The van der Waals surface area contributed by atoms with E-state index < -0.39 is 0 Å². The molecule has 0 atom stereocenters. The highest BCUT2D eigenvalue weighted by Crippen LogP contribution is 2.13. The molecule has 0 amide bonds. The summed E-state index contributed by atoms with van der Waals surface area (Å²) >= 11 is 0. The Bertz CT molecular complexity index is 789. The van der Waals surface area contributed by atoms with Crippen molar-refractivity contribution in [3.05, 3.63) is 84.3 Å². The summed E-state index contributed by atoms with van der Waals surface area (Å²) < 4.78 is 0. The second-order valence-electron chi connectivity index (χ2n) is 5.37. The van der Waals surface area contributed by atoms with Gasteiger partial charge in [-0.2, -0.15) is 0 Å². The monoisotopic (exact) mass is 316 g/mol. The maximum Gasteiger partial charge on any atom is 0.0702 e. The van der Waals surface area contributed by atoms with Gasteiger partial charge in [0.1, 0.15) is 0 Å². The molecular formula is C22H24N2. The first-order chi connectivity index (χ1) is 11.8. The largest absolute Gasteiger partial charge is 0.264 e. The third kappa shape index (κ3) is 5.81. The number of allylic oxidation sites excluding steroid dienone is 2. The van der Waals surface area contributed by atoms with Crippen molar-refractivity contribution >= 4 is 23.1 Å². The molecule has 0 saturated heterocycles. The highest BCUT2D eigenvalue weighted by Gasteiger charge is 1.93. The zero-order valence-electron chi connectivity index (χ0n) is 14.4. The Balaban J connectivity index is 0.000000185. The van der Waals surface area contributed by atoms with Crippen LogP contribution in [0.4, 0.5) is 0 Å². The number of hydrogen-bond donors (Lipinski definition) is 0. The van der Waals surface area contributed by atoms with Crippen LogP contribution in [0.15, 0.2) is 73.2 Å². The molecule has 0 fully saturated rings. The number of nitrogens with zero attached hydrogens (tertiary/aromatic N) is 2. The molecule has 2 heteroatoms. The Labute approximate surface area is 144 Å². The fourth-order valence-corrected chi connectivity index (χ4v) is 2.16. The molecule has 0 aliphatic carbocycles. The second-order valence-corrected chi connectivity index (χ2v) is 5.37. The van der Waals surface area contributed by atoms with Gasteiger partial charge in [-0.25, -0.2) is 0 Å². The predicted octanol–water partition coefficient (Wildman–Crippen LogP) is 6.16. The van der Waals surface area contributed by atoms with Crippen LogP contribution in [0.3, 0.4) is 0 Å². The van der Waals surface area contributed by atoms with E-state index in [1.807, 2.05) is 42.7 Å². The summed E-state index contributed by atoms with van der Waals surface area (Å²) in [5, 5.41) is 1.20. The maximum absolute atomic E-state index is 4.38. The zero-order valence-corrected chi connectivity index (χ0v) is 14.4. The molecule has 24 heavy (non-hydrogen) atoms. The van der Waals surface area contributed by atoms with Crippen LogP contribution < -0.4 is 0 Å². The van der Waals surface area contributed by atoms with Gasteiger partial charge in [-0.1, -0.05) is 62.4 Å². The van der Waals surface area contributed by atoms with Gasteiger partial charge in [0.2, 0.25) is 0 Å². The molecule has 0 radical (unpaired) electrons. The fourth-order valence-electron chi connectivity index (χ4n) is 2.16. The normalized spacial score (nSPS) is 10.9. The lowest BCUT2D eigenvalue weighted by Gasteiger charge is -1.97. The Kier molecular flexibility index (Phi) is 7.42. The first-order valence-corrected chi connectivity index (χ1v) is 8.41. The van der Waals surface area contributed by atoms with Crippen LogP contribution in [0.25, 0.3) is 23.1 Å². The molecule has 0 spiro atoms. The summed E-state index contributed by atoms with van der Waals surface area (Å²) in [4.78, 5) is 8.37. The molecule has 1 aromatic carbocycles. The van der Waals surface area contributed by atoms with Gasteiger partial charge in [0.25, 0.3) is 0 Å². The lowest BCUT2D eigenvalue weighted by atomic mass is 10.1. The van der Waals surface area contributed by atoms with Gasteiger partial charge in [-0.05, 0) is 42.2 Å². The maximum atomic E-state index is 4.38. The van der Waals surface area contributed by atoms with Crippen molar-refractivity contribution < 1.29 is 0 Å². The van der Waals surface area contributed by atoms with E-state index in [4.69, 9.17) is 0 Å². The number of aromatic nitrogens is 2. The summed E-state index contributed by atoms with van der Waals surface area (Å²) in [6.45, 7) is 4.25. The van der Waals surface area contributed by atoms with Gasteiger partial charge in [0, 0.05) is 24.0 Å². The topological polar surface area (TPSA) is 25.8 Å². The van der Waals surface area contributed by atoms with E-state index in [1.165, 1.54) is 16.5 Å². The van der Waals surface area contributed by atoms with Gasteiger partial charge in [0.15, 0.2) is 0 Å². The first-order valence-electron chi connectivity index (χ1n) is 8.41. The molecule has 0 aliphatic heterocycles. The van der Waals surface area contributed by atoms with Gasteiger partial charge in [-0.15, -0.1) is 0 Å². The molecule has 3 rings (SSSR count). The molecule has 0 aliphatic rings. The van der Waals surface area contributed by atoms with Crippen LogP contribution in [0.5, 0.6) is 0 Å². The second kappa shape index (κ2) is 10.1. The van der Waals surface area contributed by atoms with Crippen LogP contribution in [-0.4, -0.2) is 9.97 Å². The average Bonchev–Trinajstić information content (AvgIpc) is 2.66. The Morgan fingerprint density at radius 1 is 0.833 bits per heavy atom. The molecule has 2 aromatic heterocycles. The van der Waals surface area contributed by atoms with E-state index in [2.05, 4.69) is 60.3 Å². The quantitative estimate of drug-likeness (QED) is 0.576. The van der Waals surface area contributed by atoms with Crippen LogP contribution >= 0.6 is 0 Å². The number of pyridine rings is 2. The molecule has 0 saturated carbocycles. The summed E-state index contributed by atoms with van der Waals surface area (Å²) in [6.07, 6.45) is 16.1. The lowest BCUT2D eigenvalue weighted by molar-refractivity contribution is 1.23. The molecular weight excluding hydrogens is 292 g/mol. The van der Waals surface area contributed by atoms with E-state index in [0.29, 0.717) is 0 Å². The lowest BCUT2D eigenvalue weighted by Crippen LogP contribution is -1.79. The van der Waals surface area contributed by atoms with Crippen molar-refractivity contribution in [2.75, 3.05) is 0 Å². The highest BCUT2D eigenvalue weighted by atomic mass is 14.6. The zero-order chi connectivity index (χ0) is 17.0. The van der Waals surface area contributed by atoms with Crippen molar-refractivity contribution in [3.63, 3.8) is 0 Å². The van der Waals surface area contributed by atoms with Crippen molar-refractivity contribution in [2.45, 2.75) is 26.7 Å². The van der Waals surface area contributed by atoms with Crippen LogP contribution in [0.1, 0.15) is 37.8 Å². The van der Waals surface area contributed by atoms with Crippen LogP contribution in [0.2, 0.25) is 0 Å². The molecule has 3 aromatic rings. The molecule has 0 unspecified atom stereocenters. The molecule has 122 valence electrons. The Morgan fingerprint density at radius 3 is 2.29 bits per heavy atom. The van der Waals surface area contributed by atoms with Crippen molar-refractivity contribution in [1.82, 2.24) is 9.97 Å². The smallest absolute Gasteiger partial charge is 0.0702 e. The molecule has 0 bridgehead atoms. The Morgan fingerprint density at radius 2 is 1.58 bits per heavy atom. The van der Waals surface area contributed by atoms with Crippen molar-refractivity contribution in [3.8, 4) is 0 Å². The fraction of sp³-hybridized carbons (Fsp3) is 0.182. The number of para-hydroxylation sites is 1. The van der Waals surface area contributed by atoms with Gasteiger partial charge >= 0.3 is 0 Å². The summed E-state index contributed by atoms with van der Waals surface area (Å²) in [5.41, 5.74) is 3.40. The third-order valence-corrected chi connectivity index (χ3v) is 3.39. The van der Waals surface area contributed by atoms with Crippen molar-refractivity contribution in [1.29, 1.82) is 0 Å². The number of rotatable bonds is 4. The van der Waals surface area contributed by atoms with Gasteiger partial charge in [0.05, 0.1) is 5.52 Å². The van der Waals surface area contributed by atoms with E-state index >= 15 is 0 Å². The number of fused-ring (bicyclic) bond motifs is 1. The third-order valence-electron chi connectivity index (χ3n) is 3.39. The first kappa shape index (κ1) is 17.6. The molecule has 0 N–H and O–H groups in total. The van der Waals surface area contributed by atoms with Crippen molar-refractivity contribution in [2.24, 2.45) is 0 Å². The highest BCUT2D eigenvalue weighted by molar-refractivity contribution is 5.80. The minimum atomic E-state index is 1.06. The van der Waals surface area contributed by atoms with E-state index in [-0.39, 0.29) is 0 Å².